The van der Waals surface area contributed by atoms with Gasteiger partial charge in [0.2, 0.25) is 0 Å². The van der Waals surface area contributed by atoms with Crippen molar-refractivity contribution in [3.63, 3.8) is 0 Å². The monoisotopic (exact) mass is 360 g/mol. The number of aldehydes is 1. The summed E-state index contributed by atoms with van der Waals surface area (Å²) in [6.07, 6.45) is -4.32. The maximum absolute atomic E-state index is 12.8. The predicted octanol–water partition coefficient (Wildman–Crippen LogP) is 5.43. The van der Waals surface area contributed by atoms with Crippen LogP contribution in [-0.4, -0.2) is 6.29 Å². The van der Waals surface area contributed by atoms with Crippen molar-refractivity contribution in [2.45, 2.75) is 16.0 Å². The van der Waals surface area contributed by atoms with E-state index in [1.165, 1.54) is 23.9 Å². The molecular formula is C14H8BrF3OS. The predicted molar refractivity (Wildman–Crippen MR) is 75.1 cm³/mol. The van der Waals surface area contributed by atoms with Crippen molar-refractivity contribution < 1.29 is 18.0 Å². The molecule has 0 spiro atoms. The Labute approximate surface area is 126 Å². The van der Waals surface area contributed by atoms with Gasteiger partial charge in [-0.3, -0.25) is 4.79 Å². The van der Waals surface area contributed by atoms with E-state index in [2.05, 4.69) is 15.9 Å². The van der Waals surface area contributed by atoms with Crippen LogP contribution in [0.1, 0.15) is 15.9 Å². The number of halogens is 4. The Kier molecular flexibility index (Phi) is 4.55. The first-order valence-corrected chi connectivity index (χ1v) is 7.11. The van der Waals surface area contributed by atoms with Crippen LogP contribution in [-0.2, 0) is 6.18 Å². The highest BCUT2D eigenvalue weighted by Gasteiger charge is 2.33. The highest BCUT2D eigenvalue weighted by Crippen LogP contribution is 2.36. The van der Waals surface area contributed by atoms with Gasteiger partial charge in [0.05, 0.1) is 5.56 Å². The highest BCUT2D eigenvalue weighted by molar-refractivity contribution is 9.10. The molecule has 2 aromatic rings. The molecule has 0 amide bonds. The van der Waals surface area contributed by atoms with Crippen LogP contribution in [0, 0.1) is 0 Å². The van der Waals surface area contributed by atoms with Crippen molar-refractivity contribution in [3.8, 4) is 0 Å². The molecule has 0 N–H and O–H groups in total. The van der Waals surface area contributed by atoms with Gasteiger partial charge in [-0.25, -0.2) is 0 Å². The van der Waals surface area contributed by atoms with Crippen LogP contribution in [0.5, 0.6) is 0 Å². The molecule has 0 saturated carbocycles. The van der Waals surface area contributed by atoms with Crippen molar-refractivity contribution in [3.05, 3.63) is 58.1 Å². The number of rotatable bonds is 3. The first-order chi connectivity index (χ1) is 9.40. The molecule has 0 atom stereocenters. The molecule has 0 heterocycles. The van der Waals surface area contributed by atoms with Gasteiger partial charge < -0.3 is 0 Å². The Hall–Kier alpha value is -1.27. The first-order valence-electron chi connectivity index (χ1n) is 5.50. The van der Waals surface area contributed by atoms with Crippen molar-refractivity contribution in [2.24, 2.45) is 0 Å². The van der Waals surface area contributed by atoms with Crippen LogP contribution in [0.3, 0.4) is 0 Å². The second-order valence-electron chi connectivity index (χ2n) is 3.92. The summed E-state index contributed by atoms with van der Waals surface area (Å²) in [4.78, 5) is 11.9. The van der Waals surface area contributed by atoms with E-state index in [0.717, 1.165) is 15.4 Å². The molecule has 0 aliphatic heterocycles. The molecule has 0 aromatic heterocycles. The molecule has 1 nitrogen and oxygen atoms in total. The third-order valence-electron chi connectivity index (χ3n) is 2.51. The van der Waals surface area contributed by atoms with Crippen LogP contribution in [0.15, 0.2) is 56.7 Å². The fourth-order valence-corrected chi connectivity index (χ4v) is 2.71. The number of carbonyl (C=O) groups is 1. The Balaban J connectivity index is 2.34. The quantitative estimate of drug-likeness (QED) is 0.678. The van der Waals surface area contributed by atoms with E-state index >= 15 is 0 Å². The number of carbonyl (C=O) groups excluding carboxylic acids is 1. The van der Waals surface area contributed by atoms with E-state index in [9.17, 15) is 18.0 Å². The third-order valence-corrected chi connectivity index (χ3v) is 4.03. The van der Waals surface area contributed by atoms with Crippen molar-refractivity contribution in [1.82, 2.24) is 0 Å². The molecule has 0 radical (unpaired) electrons. The second kappa shape index (κ2) is 6.01. The van der Waals surface area contributed by atoms with Gasteiger partial charge in [0.15, 0.2) is 6.29 Å². The van der Waals surface area contributed by atoms with Gasteiger partial charge >= 0.3 is 6.18 Å². The number of alkyl halides is 3. The zero-order chi connectivity index (χ0) is 14.8. The molecule has 2 aromatic carbocycles. The molecule has 0 unspecified atom stereocenters. The largest absolute Gasteiger partial charge is 0.417 e. The Bertz CT molecular complexity index is 623. The van der Waals surface area contributed by atoms with Crippen LogP contribution < -0.4 is 0 Å². The number of benzene rings is 2. The Morgan fingerprint density at radius 2 is 1.60 bits per heavy atom. The fourth-order valence-electron chi connectivity index (χ4n) is 1.59. The fraction of sp³-hybridized carbons (Fsp3) is 0.0714. The van der Waals surface area contributed by atoms with Gasteiger partial charge in [0.1, 0.15) is 0 Å². The van der Waals surface area contributed by atoms with E-state index < -0.39 is 11.7 Å². The Morgan fingerprint density at radius 3 is 2.15 bits per heavy atom. The van der Waals surface area contributed by atoms with Gasteiger partial charge in [0.25, 0.3) is 0 Å². The van der Waals surface area contributed by atoms with Gasteiger partial charge in [0, 0.05) is 19.8 Å². The van der Waals surface area contributed by atoms with E-state index in [4.69, 9.17) is 0 Å². The molecule has 0 aliphatic carbocycles. The van der Waals surface area contributed by atoms with Crippen LogP contribution in [0.4, 0.5) is 13.2 Å². The average molecular weight is 361 g/mol. The molecule has 20 heavy (non-hydrogen) atoms. The van der Waals surface area contributed by atoms with Gasteiger partial charge in [-0.1, -0.05) is 27.7 Å². The molecule has 2 rings (SSSR count). The normalized spacial score (nSPS) is 11.4. The zero-order valence-electron chi connectivity index (χ0n) is 9.95. The number of hydrogen-bond donors (Lipinski definition) is 0. The molecule has 0 bridgehead atoms. The minimum atomic E-state index is -4.54. The lowest BCUT2D eigenvalue weighted by molar-refractivity contribution is -0.138. The summed E-state index contributed by atoms with van der Waals surface area (Å²) in [5.74, 6) is 0. The van der Waals surface area contributed by atoms with Gasteiger partial charge in [-0.15, -0.1) is 0 Å². The summed E-state index contributed by atoms with van der Waals surface area (Å²) >= 11 is 4.50. The van der Waals surface area contributed by atoms with Crippen molar-refractivity contribution in [1.29, 1.82) is 0 Å². The lowest BCUT2D eigenvalue weighted by Gasteiger charge is -2.11. The number of hydrogen-bond acceptors (Lipinski definition) is 2. The van der Waals surface area contributed by atoms with E-state index in [1.54, 1.807) is 12.1 Å². The minimum absolute atomic E-state index is 0.219. The molecule has 0 saturated heterocycles. The first kappa shape index (κ1) is 15.1. The molecule has 0 fully saturated rings. The van der Waals surface area contributed by atoms with Crippen molar-refractivity contribution >= 4 is 34.0 Å². The molecule has 104 valence electrons. The summed E-state index contributed by atoms with van der Waals surface area (Å²) in [5, 5.41) is 0. The van der Waals surface area contributed by atoms with Crippen molar-refractivity contribution in [2.75, 3.05) is 0 Å². The summed E-state index contributed by atoms with van der Waals surface area (Å²) in [6, 6.07) is 10.9. The summed E-state index contributed by atoms with van der Waals surface area (Å²) in [5.41, 5.74) is -1.26. The summed E-state index contributed by atoms with van der Waals surface area (Å²) in [7, 11) is 0. The lowest BCUT2D eigenvalue weighted by atomic mass is 10.1. The van der Waals surface area contributed by atoms with Gasteiger partial charge in [-0.2, -0.15) is 13.2 Å². The topological polar surface area (TPSA) is 17.1 Å². The van der Waals surface area contributed by atoms with Crippen LogP contribution >= 0.6 is 27.7 Å². The molecular weight excluding hydrogens is 353 g/mol. The zero-order valence-corrected chi connectivity index (χ0v) is 12.3. The Morgan fingerprint density at radius 1 is 1.00 bits per heavy atom. The molecule has 6 heteroatoms. The maximum Gasteiger partial charge on any atom is 0.417 e. The lowest BCUT2D eigenvalue weighted by Crippen LogP contribution is -2.08. The minimum Gasteiger partial charge on any atom is -0.298 e. The second-order valence-corrected chi connectivity index (χ2v) is 5.98. The summed E-state index contributed by atoms with van der Waals surface area (Å²) in [6.45, 7) is 0. The smallest absolute Gasteiger partial charge is 0.298 e. The van der Waals surface area contributed by atoms with Crippen LogP contribution in [0.25, 0.3) is 0 Å². The van der Waals surface area contributed by atoms with Gasteiger partial charge in [-0.05, 0) is 42.5 Å². The van der Waals surface area contributed by atoms with E-state index in [-0.39, 0.29) is 11.8 Å². The average Bonchev–Trinajstić information content (AvgIpc) is 2.40. The standard InChI is InChI=1S/C14H8BrF3OS/c15-10-2-5-11(6-3-10)20-12-4-1-9(8-19)13(7-12)14(16,17)18/h1-8H. The van der Waals surface area contributed by atoms with E-state index in [0.29, 0.717) is 4.90 Å². The highest BCUT2D eigenvalue weighted by atomic mass is 79.9. The van der Waals surface area contributed by atoms with Crippen LogP contribution in [0.2, 0.25) is 0 Å². The SMILES string of the molecule is O=Cc1ccc(Sc2ccc(Br)cc2)cc1C(F)(F)F. The van der Waals surface area contributed by atoms with E-state index in [1.807, 2.05) is 12.1 Å². The summed E-state index contributed by atoms with van der Waals surface area (Å²) < 4.78 is 39.4. The third kappa shape index (κ3) is 3.64. The molecule has 0 aliphatic rings. The maximum atomic E-state index is 12.8.